The van der Waals surface area contributed by atoms with Crippen LogP contribution in [0, 0.1) is 0 Å². The van der Waals surface area contributed by atoms with E-state index in [0.717, 1.165) is 18.8 Å². The molecule has 16 heavy (non-hydrogen) atoms. The molecule has 0 fully saturated rings. The van der Waals surface area contributed by atoms with Crippen molar-refractivity contribution in [3.05, 3.63) is 12.2 Å². The van der Waals surface area contributed by atoms with Crippen LogP contribution in [0.5, 0.6) is 0 Å². The Hall–Kier alpha value is -0.940. The highest BCUT2D eigenvalue weighted by molar-refractivity contribution is 4.95. The Morgan fingerprint density at radius 3 is 2.88 bits per heavy atom. The van der Waals surface area contributed by atoms with E-state index in [2.05, 4.69) is 17.0 Å². The third-order valence-corrected chi connectivity index (χ3v) is 2.88. The zero-order valence-corrected chi connectivity index (χ0v) is 10.5. The third kappa shape index (κ3) is 3.02. The highest BCUT2D eigenvalue weighted by Gasteiger charge is 2.30. The van der Waals surface area contributed by atoms with Crippen molar-refractivity contribution in [2.24, 2.45) is 0 Å². The van der Waals surface area contributed by atoms with Crippen LogP contribution in [0.1, 0.15) is 33.0 Å². The van der Waals surface area contributed by atoms with Crippen molar-refractivity contribution >= 4 is 0 Å². The molecule has 0 saturated carbocycles. The quantitative estimate of drug-likeness (QED) is 0.788. The average molecular weight is 227 g/mol. The summed E-state index contributed by atoms with van der Waals surface area (Å²) in [7, 11) is 1.59. The van der Waals surface area contributed by atoms with Gasteiger partial charge in [-0.3, -0.25) is 4.68 Å². The van der Waals surface area contributed by atoms with E-state index in [9.17, 15) is 5.11 Å². The summed E-state index contributed by atoms with van der Waals surface area (Å²) in [6.45, 7) is 6.51. The minimum Gasteiger partial charge on any atom is -0.387 e. The van der Waals surface area contributed by atoms with Crippen LogP contribution in [0.4, 0.5) is 0 Å². The lowest BCUT2D eigenvalue weighted by Gasteiger charge is -2.28. The van der Waals surface area contributed by atoms with E-state index < -0.39 is 5.60 Å². The van der Waals surface area contributed by atoms with Gasteiger partial charge in [-0.25, -0.2) is 4.98 Å². The van der Waals surface area contributed by atoms with Crippen LogP contribution in [0.3, 0.4) is 0 Å². The Morgan fingerprint density at radius 2 is 2.31 bits per heavy atom. The molecule has 2 unspecified atom stereocenters. The van der Waals surface area contributed by atoms with Crippen molar-refractivity contribution in [2.45, 2.75) is 51.9 Å². The molecule has 0 aliphatic carbocycles. The van der Waals surface area contributed by atoms with Crippen LogP contribution in [0.15, 0.2) is 6.33 Å². The molecule has 1 rings (SSSR count). The predicted molar refractivity (Wildman–Crippen MR) is 61.1 cm³/mol. The van der Waals surface area contributed by atoms with Gasteiger partial charge in [-0.2, -0.15) is 5.10 Å². The first kappa shape index (κ1) is 13.1. The Kier molecular flexibility index (Phi) is 4.44. The molecule has 92 valence electrons. The van der Waals surface area contributed by atoms with Crippen molar-refractivity contribution in [2.75, 3.05) is 7.11 Å². The maximum Gasteiger partial charge on any atom is 0.138 e. The van der Waals surface area contributed by atoms with Crippen LogP contribution >= 0.6 is 0 Å². The lowest BCUT2D eigenvalue weighted by molar-refractivity contribution is -0.0731. The maximum atomic E-state index is 10.2. The van der Waals surface area contributed by atoms with Crippen molar-refractivity contribution in [1.29, 1.82) is 0 Å². The SMILES string of the molecule is CCCn1ncnc1CC(C)(O)C(C)OC. The smallest absolute Gasteiger partial charge is 0.138 e. The van der Waals surface area contributed by atoms with Crippen LogP contribution in [0.2, 0.25) is 0 Å². The van der Waals surface area contributed by atoms with Crippen LogP contribution < -0.4 is 0 Å². The van der Waals surface area contributed by atoms with E-state index in [1.165, 1.54) is 6.33 Å². The molecule has 2 atom stereocenters. The van der Waals surface area contributed by atoms with E-state index in [0.29, 0.717) is 6.42 Å². The topological polar surface area (TPSA) is 60.2 Å². The second-order valence-corrected chi connectivity index (χ2v) is 4.31. The summed E-state index contributed by atoms with van der Waals surface area (Å²) in [5.41, 5.74) is -0.923. The van der Waals surface area contributed by atoms with Gasteiger partial charge in [0.15, 0.2) is 0 Å². The summed E-state index contributed by atoms with van der Waals surface area (Å²) in [4.78, 5) is 4.17. The molecular formula is C11H21N3O2. The summed E-state index contributed by atoms with van der Waals surface area (Å²) in [6, 6.07) is 0. The number of hydrogen-bond acceptors (Lipinski definition) is 4. The third-order valence-electron chi connectivity index (χ3n) is 2.88. The molecule has 5 heteroatoms. The highest BCUT2D eigenvalue weighted by atomic mass is 16.5. The number of ether oxygens (including phenoxy) is 1. The Balaban J connectivity index is 2.75. The molecule has 0 aliphatic heterocycles. The number of aromatic nitrogens is 3. The van der Waals surface area contributed by atoms with E-state index in [1.54, 1.807) is 14.0 Å². The lowest BCUT2D eigenvalue weighted by Crippen LogP contribution is -2.41. The van der Waals surface area contributed by atoms with Gasteiger partial charge in [0.2, 0.25) is 0 Å². The number of methoxy groups -OCH3 is 1. The summed E-state index contributed by atoms with van der Waals surface area (Å²) >= 11 is 0. The van der Waals surface area contributed by atoms with Gasteiger partial charge in [0.05, 0.1) is 11.7 Å². The van der Waals surface area contributed by atoms with Crippen molar-refractivity contribution < 1.29 is 9.84 Å². The molecule has 0 spiro atoms. The average Bonchev–Trinajstić information content (AvgIpc) is 2.64. The second-order valence-electron chi connectivity index (χ2n) is 4.31. The molecular weight excluding hydrogens is 206 g/mol. The maximum absolute atomic E-state index is 10.2. The Bertz CT molecular complexity index is 323. The Morgan fingerprint density at radius 1 is 1.62 bits per heavy atom. The van der Waals surface area contributed by atoms with Gasteiger partial charge in [0.1, 0.15) is 12.2 Å². The summed E-state index contributed by atoms with van der Waals surface area (Å²) in [6.07, 6.45) is 2.73. The minimum absolute atomic E-state index is 0.237. The molecule has 1 N–H and O–H groups in total. The molecule has 1 aromatic rings. The Labute approximate surface area is 96.5 Å². The molecule has 0 radical (unpaired) electrons. The fraction of sp³-hybridized carbons (Fsp3) is 0.818. The van der Waals surface area contributed by atoms with Gasteiger partial charge >= 0.3 is 0 Å². The second kappa shape index (κ2) is 5.41. The van der Waals surface area contributed by atoms with Gasteiger partial charge in [-0.15, -0.1) is 0 Å². The number of hydrogen-bond donors (Lipinski definition) is 1. The normalized spacial score (nSPS) is 17.1. The standard InChI is InChI=1S/C11H21N3O2/c1-5-6-14-10(12-8-13-14)7-11(3,15)9(2)16-4/h8-9,15H,5-7H2,1-4H3. The molecule has 1 aromatic heterocycles. The molecule has 0 aromatic carbocycles. The first-order chi connectivity index (χ1) is 7.51. The van der Waals surface area contributed by atoms with Gasteiger partial charge in [-0.1, -0.05) is 6.92 Å². The van der Waals surface area contributed by atoms with E-state index in [4.69, 9.17) is 4.74 Å². The predicted octanol–water partition coefficient (Wildman–Crippen LogP) is 1.02. The molecule has 0 saturated heterocycles. The monoisotopic (exact) mass is 227 g/mol. The molecule has 0 bridgehead atoms. The zero-order valence-electron chi connectivity index (χ0n) is 10.5. The van der Waals surface area contributed by atoms with Crippen LogP contribution in [-0.2, 0) is 17.7 Å². The van der Waals surface area contributed by atoms with Gasteiger partial charge in [0, 0.05) is 20.1 Å². The highest BCUT2D eigenvalue weighted by Crippen LogP contribution is 2.17. The largest absolute Gasteiger partial charge is 0.387 e. The molecule has 5 nitrogen and oxygen atoms in total. The zero-order chi connectivity index (χ0) is 12.2. The minimum atomic E-state index is -0.923. The van der Waals surface area contributed by atoms with Crippen LogP contribution in [0.25, 0.3) is 0 Å². The van der Waals surface area contributed by atoms with E-state index in [1.807, 2.05) is 11.6 Å². The molecule has 0 amide bonds. The van der Waals surface area contributed by atoms with Gasteiger partial charge < -0.3 is 9.84 Å². The van der Waals surface area contributed by atoms with Crippen molar-refractivity contribution in [1.82, 2.24) is 14.8 Å². The van der Waals surface area contributed by atoms with Crippen molar-refractivity contribution in [3.63, 3.8) is 0 Å². The van der Waals surface area contributed by atoms with E-state index in [-0.39, 0.29) is 6.10 Å². The lowest BCUT2D eigenvalue weighted by atomic mass is 9.96. The summed E-state index contributed by atoms with van der Waals surface area (Å²) in [5.74, 6) is 0.802. The number of aryl methyl sites for hydroxylation is 1. The molecule has 1 heterocycles. The summed E-state index contributed by atoms with van der Waals surface area (Å²) < 4.78 is 6.99. The first-order valence-corrected chi connectivity index (χ1v) is 5.63. The van der Waals surface area contributed by atoms with Crippen molar-refractivity contribution in [3.8, 4) is 0 Å². The van der Waals surface area contributed by atoms with Gasteiger partial charge in [0.25, 0.3) is 0 Å². The first-order valence-electron chi connectivity index (χ1n) is 5.63. The van der Waals surface area contributed by atoms with Crippen LogP contribution in [-0.4, -0.2) is 38.7 Å². The van der Waals surface area contributed by atoms with Gasteiger partial charge in [-0.05, 0) is 20.3 Å². The van der Waals surface area contributed by atoms with E-state index >= 15 is 0 Å². The fourth-order valence-corrected chi connectivity index (χ4v) is 1.54. The molecule has 0 aliphatic rings. The number of rotatable bonds is 6. The fourth-order valence-electron chi connectivity index (χ4n) is 1.54. The number of aliphatic hydroxyl groups is 1. The summed E-state index contributed by atoms with van der Waals surface area (Å²) in [5, 5.41) is 14.4. The number of nitrogens with zero attached hydrogens (tertiary/aromatic N) is 3.